The third-order valence-corrected chi connectivity index (χ3v) is 4.66. The van der Waals surface area contributed by atoms with Crippen LogP contribution in [0.15, 0.2) is 30.3 Å². The van der Waals surface area contributed by atoms with Crippen molar-refractivity contribution in [2.24, 2.45) is 5.92 Å². The highest BCUT2D eigenvalue weighted by atomic mass is 16.5. The standard InChI is InChI=1S/C18H24N2O3/c1-2-20(15-7-4-3-5-8-15)18(22)14-11-17(21)19(12-14)13-16-9-6-10-23-16/h3-5,7-8,14,16H,2,6,9-13H2,1H3. The zero-order valence-corrected chi connectivity index (χ0v) is 13.6. The Morgan fingerprint density at radius 3 is 2.78 bits per heavy atom. The number of anilines is 1. The summed E-state index contributed by atoms with van der Waals surface area (Å²) in [6, 6.07) is 9.65. The summed E-state index contributed by atoms with van der Waals surface area (Å²) in [6.45, 7) is 4.50. The fourth-order valence-electron chi connectivity index (χ4n) is 3.44. The molecule has 0 radical (unpaired) electrons. The van der Waals surface area contributed by atoms with Gasteiger partial charge >= 0.3 is 0 Å². The highest BCUT2D eigenvalue weighted by Gasteiger charge is 2.37. The molecule has 0 N–H and O–H groups in total. The molecule has 1 aromatic carbocycles. The summed E-state index contributed by atoms with van der Waals surface area (Å²) in [5.74, 6) is -0.131. The fourth-order valence-corrected chi connectivity index (χ4v) is 3.44. The van der Waals surface area contributed by atoms with Gasteiger partial charge in [-0.1, -0.05) is 18.2 Å². The fraction of sp³-hybridized carbons (Fsp3) is 0.556. The van der Waals surface area contributed by atoms with Gasteiger partial charge in [-0.25, -0.2) is 0 Å². The van der Waals surface area contributed by atoms with E-state index in [1.807, 2.05) is 37.3 Å². The molecule has 2 aliphatic rings. The molecule has 3 rings (SSSR count). The first-order valence-corrected chi connectivity index (χ1v) is 8.45. The lowest BCUT2D eigenvalue weighted by Gasteiger charge is -2.25. The summed E-state index contributed by atoms with van der Waals surface area (Å²) in [5, 5.41) is 0. The first-order chi connectivity index (χ1) is 11.2. The maximum atomic E-state index is 12.8. The maximum absolute atomic E-state index is 12.8. The van der Waals surface area contributed by atoms with E-state index in [-0.39, 0.29) is 23.8 Å². The number of likely N-dealkylation sites (tertiary alicyclic amines) is 1. The molecule has 0 aromatic heterocycles. The monoisotopic (exact) mass is 316 g/mol. The molecular formula is C18H24N2O3. The molecule has 124 valence electrons. The SMILES string of the molecule is CCN(C(=O)C1CC(=O)N(CC2CCCO2)C1)c1ccccc1. The minimum absolute atomic E-state index is 0.0434. The van der Waals surface area contributed by atoms with E-state index < -0.39 is 0 Å². The molecule has 0 aliphatic carbocycles. The number of carbonyl (C=O) groups is 2. The van der Waals surface area contributed by atoms with Crippen molar-refractivity contribution in [1.82, 2.24) is 4.90 Å². The second-order valence-corrected chi connectivity index (χ2v) is 6.25. The molecular weight excluding hydrogens is 292 g/mol. The van der Waals surface area contributed by atoms with Crippen LogP contribution in [0.3, 0.4) is 0 Å². The second kappa shape index (κ2) is 7.13. The minimum atomic E-state index is -0.246. The first kappa shape index (κ1) is 16.0. The summed E-state index contributed by atoms with van der Waals surface area (Å²) >= 11 is 0. The van der Waals surface area contributed by atoms with Gasteiger partial charge in [-0.05, 0) is 31.9 Å². The van der Waals surface area contributed by atoms with Gasteiger partial charge in [0, 0.05) is 38.3 Å². The van der Waals surface area contributed by atoms with Gasteiger partial charge in [-0.2, -0.15) is 0 Å². The van der Waals surface area contributed by atoms with Crippen LogP contribution in [0, 0.1) is 5.92 Å². The lowest BCUT2D eigenvalue weighted by molar-refractivity contribution is -0.129. The molecule has 0 bridgehead atoms. The average Bonchev–Trinajstić information content (AvgIpc) is 3.20. The Hall–Kier alpha value is -1.88. The maximum Gasteiger partial charge on any atom is 0.232 e. The van der Waals surface area contributed by atoms with Gasteiger partial charge in [-0.15, -0.1) is 0 Å². The van der Waals surface area contributed by atoms with Crippen LogP contribution in [0.25, 0.3) is 0 Å². The van der Waals surface area contributed by atoms with Crippen LogP contribution in [0.1, 0.15) is 26.2 Å². The topological polar surface area (TPSA) is 49.9 Å². The van der Waals surface area contributed by atoms with Gasteiger partial charge < -0.3 is 14.5 Å². The number of rotatable bonds is 5. The number of ether oxygens (including phenoxy) is 1. The molecule has 2 amide bonds. The second-order valence-electron chi connectivity index (χ2n) is 6.25. The molecule has 2 saturated heterocycles. The van der Waals surface area contributed by atoms with E-state index >= 15 is 0 Å². The molecule has 23 heavy (non-hydrogen) atoms. The Morgan fingerprint density at radius 1 is 1.35 bits per heavy atom. The highest BCUT2D eigenvalue weighted by molar-refractivity contribution is 5.99. The van der Waals surface area contributed by atoms with Gasteiger partial charge in [-0.3, -0.25) is 9.59 Å². The van der Waals surface area contributed by atoms with Crippen molar-refractivity contribution < 1.29 is 14.3 Å². The van der Waals surface area contributed by atoms with Crippen molar-refractivity contribution in [3.63, 3.8) is 0 Å². The highest BCUT2D eigenvalue weighted by Crippen LogP contribution is 2.25. The minimum Gasteiger partial charge on any atom is -0.376 e. The van der Waals surface area contributed by atoms with Gasteiger partial charge in [0.25, 0.3) is 0 Å². The van der Waals surface area contributed by atoms with Crippen molar-refractivity contribution in [2.45, 2.75) is 32.3 Å². The van der Waals surface area contributed by atoms with Crippen molar-refractivity contribution in [3.8, 4) is 0 Å². The first-order valence-electron chi connectivity index (χ1n) is 8.45. The smallest absolute Gasteiger partial charge is 0.232 e. The lowest BCUT2D eigenvalue weighted by Crippen LogP contribution is -2.38. The molecule has 2 atom stereocenters. The van der Waals surface area contributed by atoms with Crippen LogP contribution < -0.4 is 4.90 Å². The largest absolute Gasteiger partial charge is 0.376 e. The predicted molar refractivity (Wildman–Crippen MR) is 88.1 cm³/mol. The summed E-state index contributed by atoms with van der Waals surface area (Å²) in [6.07, 6.45) is 2.53. The molecule has 5 nitrogen and oxygen atoms in total. The average molecular weight is 316 g/mol. The Bertz CT molecular complexity index is 555. The van der Waals surface area contributed by atoms with Gasteiger partial charge in [0.1, 0.15) is 0 Å². The quantitative estimate of drug-likeness (QED) is 0.835. The lowest BCUT2D eigenvalue weighted by atomic mass is 10.1. The van der Waals surface area contributed by atoms with E-state index in [2.05, 4.69) is 0 Å². The Morgan fingerprint density at radius 2 is 2.13 bits per heavy atom. The Kier molecular flexibility index (Phi) is 4.96. The van der Waals surface area contributed by atoms with E-state index in [0.717, 1.165) is 25.1 Å². The summed E-state index contributed by atoms with van der Waals surface area (Å²) < 4.78 is 5.61. The molecule has 2 fully saturated rings. The van der Waals surface area contributed by atoms with Crippen LogP contribution >= 0.6 is 0 Å². The van der Waals surface area contributed by atoms with E-state index in [1.54, 1.807) is 9.80 Å². The number of nitrogens with zero attached hydrogens (tertiary/aromatic N) is 2. The number of benzene rings is 1. The van der Waals surface area contributed by atoms with Crippen molar-refractivity contribution in [2.75, 3.05) is 31.1 Å². The summed E-state index contributed by atoms with van der Waals surface area (Å²) in [7, 11) is 0. The Labute approximate surface area is 137 Å². The van der Waals surface area contributed by atoms with Crippen LogP contribution in [-0.2, 0) is 14.3 Å². The van der Waals surface area contributed by atoms with Crippen LogP contribution in [0.2, 0.25) is 0 Å². The zero-order chi connectivity index (χ0) is 16.2. The molecule has 0 spiro atoms. The number of hydrogen-bond donors (Lipinski definition) is 0. The number of hydrogen-bond acceptors (Lipinski definition) is 3. The van der Waals surface area contributed by atoms with Crippen molar-refractivity contribution in [3.05, 3.63) is 30.3 Å². The third-order valence-electron chi connectivity index (χ3n) is 4.66. The predicted octanol–water partition coefficient (Wildman–Crippen LogP) is 2.07. The number of amides is 2. The molecule has 5 heteroatoms. The molecule has 0 saturated carbocycles. The molecule has 2 aliphatic heterocycles. The van der Waals surface area contributed by atoms with Gasteiger partial charge in [0.05, 0.1) is 12.0 Å². The van der Waals surface area contributed by atoms with Crippen molar-refractivity contribution in [1.29, 1.82) is 0 Å². The molecule has 2 unspecified atom stereocenters. The van der Waals surface area contributed by atoms with E-state index in [4.69, 9.17) is 4.74 Å². The van der Waals surface area contributed by atoms with Crippen LogP contribution in [0.4, 0.5) is 5.69 Å². The zero-order valence-electron chi connectivity index (χ0n) is 13.6. The molecule has 2 heterocycles. The summed E-state index contributed by atoms with van der Waals surface area (Å²) in [4.78, 5) is 28.6. The van der Waals surface area contributed by atoms with Crippen LogP contribution in [0.5, 0.6) is 0 Å². The molecule has 1 aromatic rings. The number of para-hydroxylation sites is 1. The Balaban J connectivity index is 1.64. The van der Waals surface area contributed by atoms with E-state index in [0.29, 0.717) is 26.1 Å². The van der Waals surface area contributed by atoms with Crippen LogP contribution in [-0.4, -0.2) is 49.1 Å². The summed E-state index contributed by atoms with van der Waals surface area (Å²) in [5.41, 5.74) is 0.894. The third kappa shape index (κ3) is 3.55. The van der Waals surface area contributed by atoms with Gasteiger partial charge in [0.15, 0.2) is 0 Å². The van der Waals surface area contributed by atoms with Gasteiger partial charge in [0.2, 0.25) is 11.8 Å². The van der Waals surface area contributed by atoms with E-state index in [9.17, 15) is 9.59 Å². The number of carbonyl (C=O) groups excluding carboxylic acids is 2. The van der Waals surface area contributed by atoms with E-state index in [1.165, 1.54) is 0 Å². The van der Waals surface area contributed by atoms with Crippen molar-refractivity contribution >= 4 is 17.5 Å². The normalized spacial score (nSPS) is 24.2.